The SMILES string of the molecule is COc1cc(C=C2C(C)=C(CN)c3cc(F)ccc32)cc(OC)c1OC. The molecule has 0 aliphatic heterocycles. The summed E-state index contributed by atoms with van der Waals surface area (Å²) in [4.78, 5) is 0. The van der Waals surface area contributed by atoms with Crippen molar-refractivity contribution in [1.82, 2.24) is 0 Å². The van der Waals surface area contributed by atoms with Crippen molar-refractivity contribution in [2.75, 3.05) is 27.9 Å². The number of halogens is 1. The molecule has 3 rings (SSSR count). The van der Waals surface area contributed by atoms with Crippen LogP contribution in [-0.4, -0.2) is 27.9 Å². The van der Waals surface area contributed by atoms with Gasteiger partial charge in [0.1, 0.15) is 5.82 Å². The molecular weight excluding hydrogens is 333 g/mol. The van der Waals surface area contributed by atoms with Crippen LogP contribution in [0.3, 0.4) is 0 Å². The fraction of sp³-hybridized carbons (Fsp3) is 0.238. The van der Waals surface area contributed by atoms with Gasteiger partial charge in [-0.1, -0.05) is 6.07 Å². The molecule has 0 saturated heterocycles. The second-order valence-corrected chi connectivity index (χ2v) is 6.01. The van der Waals surface area contributed by atoms with Crippen LogP contribution in [0.15, 0.2) is 35.9 Å². The van der Waals surface area contributed by atoms with E-state index in [1.807, 2.05) is 25.1 Å². The third kappa shape index (κ3) is 2.95. The van der Waals surface area contributed by atoms with Gasteiger partial charge in [-0.3, -0.25) is 0 Å². The predicted molar refractivity (Wildman–Crippen MR) is 102 cm³/mol. The molecule has 0 spiro atoms. The molecule has 5 heteroatoms. The highest BCUT2D eigenvalue weighted by atomic mass is 19.1. The van der Waals surface area contributed by atoms with E-state index in [1.165, 1.54) is 12.1 Å². The molecule has 136 valence electrons. The molecule has 0 amide bonds. The number of fused-ring (bicyclic) bond motifs is 1. The van der Waals surface area contributed by atoms with Crippen LogP contribution in [0.2, 0.25) is 0 Å². The van der Waals surface area contributed by atoms with Gasteiger partial charge in [0.05, 0.1) is 21.3 Å². The second kappa shape index (κ2) is 7.22. The van der Waals surface area contributed by atoms with E-state index in [0.29, 0.717) is 23.8 Å². The number of allylic oxidation sites excluding steroid dienone is 2. The highest BCUT2D eigenvalue weighted by Gasteiger charge is 2.23. The molecule has 0 atom stereocenters. The Morgan fingerprint density at radius 2 is 1.62 bits per heavy atom. The number of hydrogen-bond acceptors (Lipinski definition) is 4. The maximum Gasteiger partial charge on any atom is 0.203 e. The van der Waals surface area contributed by atoms with Crippen molar-refractivity contribution in [3.05, 3.63) is 58.4 Å². The van der Waals surface area contributed by atoms with E-state index in [9.17, 15) is 4.39 Å². The summed E-state index contributed by atoms with van der Waals surface area (Å²) in [7, 11) is 4.74. The zero-order chi connectivity index (χ0) is 18.8. The van der Waals surface area contributed by atoms with Crippen LogP contribution < -0.4 is 19.9 Å². The molecule has 0 bridgehead atoms. The number of ether oxygens (including phenoxy) is 3. The Labute approximate surface area is 152 Å². The molecule has 0 heterocycles. The summed E-state index contributed by atoms with van der Waals surface area (Å²) in [5.41, 5.74) is 11.6. The smallest absolute Gasteiger partial charge is 0.203 e. The van der Waals surface area contributed by atoms with E-state index >= 15 is 0 Å². The Bertz CT molecular complexity index is 890. The van der Waals surface area contributed by atoms with Crippen LogP contribution in [0.4, 0.5) is 4.39 Å². The lowest BCUT2D eigenvalue weighted by molar-refractivity contribution is 0.324. The van der Waals surface area contributed by atoms with Gasteiger partial charge in [0.15, 0.2) is 11.5 Å². The quantitative estimate of drug-likeness (QED) is 0.876. The van der Waals surface area contributed by atoms with E-state index in [-0.39, 0.29) is 5.82 Å². The topological polar surface area (TPSA) is 53.7 Å². The molecule has 0 radical (unpaired) electrons. The molecule has 26 heavy (non-hydrogen) atoms. The number of methoxy groups -OCH3 is 3. The molecule has 0 unspecified atom stereocenters. The van der Waals surface area contributed by atoms with Crippen LogP contribution >= 0.6 is 0 Å². The Morgan fingerprint density at radius 1 is 0.962 bits per heavy atom. The highest BCUT2D eigenvalue weighted by Crippen LogP contribution is 2.44. The summed E-state index contributed by atoms with van der Waals surface area (Å²) in [6.45, 7) is 2.36. The Kier molecular flexibility index (Phi) is 5.00. The van der Waals surface area contributed by atoms with Crippen molar-refractivity contribution in [2.45, 2.75) is 6.92 Å². The molecule has 4 nitrogen and oxygen atoms in total. The van der Waals surface area contributed by atoms with Gasteiger partial charge in [-0.05, 0) is 70.7 Å². The molecule has 0 aromatic heterocycles. The summed E-state index contributed by atoms with van der Waals surface area (Å²) in [5, 5.41) is 0. The molecule has 2 N–H and O–H groups in total. The van der Waals surface area contributed by atoms with Gasteiger partial charge in [-0.2, -0.15) is 0 Å². The van der Waals surface area contributed by atoms with Crippen molar-refractivity contribution in [3.8, 4) is 17.2 Å². The van der Waals surface area contributed by atoms with Gasteiger partial charge in [0.25, 0.3) is 0 Å². The van der Waals surface area contributed by atoms with E-state index in [4.69, 9.17) is 19.9 Å². The van der Waals surface area contributed by atoms with Crippen LogP contribution in [0.5, 0.6) is 17.2 Å². The van der Waals surface area contributed by atoms with Crippen LogP contribution in [0.25, 0.3) is 17.2 Å². The predicted octanol–water partition coefficient (Wildman–Crippen LogP) is 4.14. The largest absolute Gasteiger partial charge is 0.493 e. The van der Waals surface area contributed by atoms with Crippen LogP contribution in [0.1, 0.15) is 23.6 Å². The first-order valence-electron chi connectivity index (χ1n) is 8.26. The van der Waals surface area contributed by atoms with Gasteiger partial charge in [-0.15, -0.1) is 0 Å². The molecule has 0 saturated carbocycles. The summed E-state index contributed by atoms with van der Waals surface area (Å²) < 4.78 is 29.9. The molecule has 1 aliphatic rings. The minimum atomic E-state index is -0.267. The van der Waals surface area contributed by atoms with E-state index < -0.39 is 0 Å². The molecule has 2 aromatic carbocycles. The van der Waals surface area contributed by atoms with Crippen molar-refractivity contribution < 1.29 is 18.6 Å². The monoisotopic (exact) mass is 355 g/mol. The zero-order valence-electron chi connectivity index (χ0n) is 15.4. The lowest BCUT2D eigenvalue weighted by atomic mass is 10.00. The van der Waals surface area contributed by atoms with Gasteiger partial charge >= 0.3 is 0 Å². The van der Waals surface area contributed by atoms with Gasteiger partial charge in [0, 0.05) is 6.54 Å². The first kappa shape index (κ1) is 18.0. The number of rotatable bonds is 5. The van der Waals surface area contributed by atoms with E-state index in [0.717, 1.165) is 33.4 Å². The summed E-state index contributed by atoms with van der Waals surface area (Å²) in [5.74, 6) is 1.44. The minimum absolute atomic E-state index is 0.267. The standard InChI is InChI=1S/C21H22FNO3/c1-12-16(15-6-5-14(22)10-17(15)18(12)11-23)7-13-8-19(24-2)21(26-4)20(9-13)25-3/h5-10H,11,23H2,1-4H3. The molecular formula is C21H22FNO3. The lowest BCUT2D eigenvalue weighted by Gasteiger charge is -2.13. The lowest BCUT2D eigenvalue weighted by Crippen LogP contribution is -2.02. The number of hydrogen-bond donors (Lipinski definition) is 1. The van der Waals surface area contributed by atoms with E-state index in [2.05, 4.69) is 0 Å². The maximum absolute atomic E-state index is 13.7. The Balaban J connectivity index is 2.18. The number of nitrogens with two attached hydrogens (primary N) is 1. The van der Waals surface area contributed by atoms with Crippen LogP contribution in [0, 0.1) is 5.82 Å². The van der Waals surface area contributed by atoms with Crippen molar-refractivity contribution >= 4 is 17.2 Å². The number of benzene rings is 2. The Morgan fingerprint density at radius 3 is 2.15 bits per heavy atom. The highest BCUT2D eigenvalue weighted by molar-refractivity contribution is 6.05. The van der Waals surface area contributed by atoms with Crippen molar-refractivity contribution in [2.24, 2.45) is 5.73 Å². The maximum atomic E-state index is 13.7. The fourth-order valence-corrected chi connectivity index (χ4v) is 3.37. The second-order valence-electron chi connectivity index (χ2n) is 6.01. The molecule has 0 fully saturated rings. The third-order valence-electron chi connectivity index (χ3n) is 4.66. The average Bonchev–Trinajstić information content (AvgIpc) is 2.91. The molecule has 1 aliphatic carbocycles. The van der Waals surface area contributed by atoms with Crippen molar-refractivity contribution in [1.29, 1.82) is 0 Å². The van der Waals surface area contributed by atoms with Gasteiger partial charge < -0.3 is 19.9 Å². The molecule has 2 aromatic rings. The summed E-state index contributed by atoms with van der Waals surface area (Å²) in [6, 6.07) is 8.56. The van der Waals surface area contributed by atoms with Crippen LogP contribution in [-0.2, 0) is 0 Å². The van der Waals surface area contributed by atoms with Gasteiger partial charge in [-0.25, -0.2) is 4.39 Å². The fourth-order valence-electron chi connectivity index (χ4n) is 3.37. The van der Waals surface area contributed by atoms with E-state index in [1.54, 1.807) is 27.4 Å². The zero-order valence-corrected chi connectivity index (χ0v) is 15.4. The Hall–Kier alpha value is -2.79. The summed E-state index contributed by atoms with van der Waals surface area (Å²) >= 11 is 0. The minimum Gasteiger partial charge on any atom is -0.493 e. The van der Waals surface area contributed by atoms with Gasteiger partial charge in [0.2, 0.25) is 5.75 Å². The third-order valence-corrected chi connectivity index (χ3v) is 4.66. The normalized spacial score (nSPS) is 14.6. The first-order chi connectivity index (χ1) is 12.5. The summed E-state index contributed by atoms with van der Waals surface area (Å²) in [6.07, 6.45) is 2.03. The first-order valence-corrected chi connectivity index (χ1v) is 8.26. The van der Waals surface area contributed by atoms with Crippen molar-refractivity contribution in [3.63, 3.8) is 0 Å². The average molecular weight is 355 g/mol.